The average molecular weight is 499 g/mol. The Balaban J connectivity index is 1.40. The van der Waals surface area contributed by atoms with E-state index >= 15 is 0 Å². The SMILES string of the molecule is CCCN(CCC)c1cc(Nc2ccc3c(c2)C2=C(CCCC2)CN3)nc(OCCc2cnccn2)c1. The van der Waals surface area contributed by atoms with Crippen molar-refractivity contribution in [3.8, 4) is 5.88 Å². The van der Waals surface area contributed by atoms with Gasteiger partial charge >= 0.3 is 0 Å². The first kappa shape index (κ1) is 25.1. The summed E-state index contributed by atoms with van der Waals surface area (Å²) in [6.07, 6.45) is 13.0. The molecule has 1 aliphatic carbocycles. The zero-order valence-electron chi connectivity index (χ0n) is 22.1. The maximum atomic E-state index is 6.13. The van der Waals surface area contributed by atoms with Crippen LogP contribution in [-0.2, 0) is 6.42 Å². The summed E-state index contributed by atoms with van der Waals surface area (Å²) in [5.74, 6) is 1.42. The minimum Gasteiger partial charge on any atom is -0.477 e. The van der Waals surface area contributed by atoms with E-state index in [0.29, 0.717) is 18.9 Å². The molecule has 0 atom stereocenters. The minimum absolute atomic E-state index is 0.498. The first-order chi connectivity index (χ1) is 18.2. The molecule has 1 aromatic carbocycles. The molecule has 0 bridgehead atoms. The van der Waals surface area contributed by atoms with Crippen LogP contribution in [0.4, 0.5) is 22.9 Å². The van der Waals surface area contributed by atoms with E-state index in [1.54, 1.807) is 24.2 Å². The Bertz CT molecular complexity index is 1220. The molecule has 0 radical (unpaired) electrons. The number of fused-ring (bicyclic) bond motifs is 2. The van der Waals surface area contributed by atoms with Gasteiger partial charge < -0.3 is 20.3 Å². The van der Waals surface area contributed by atoms with E-state index in [0.717, 1.165) is 55.4 Å². The molecule has 37 heavy (non-hydrogen) atoms. The summed E-state index contributed by atoms with van der Waals surface area (Å²) in [4.78, 5) is 15.7. The predicted octanol–water partition coefficient (Wildman–Crippen LogP) is 6.62. The van der Waals surface area contributed by atoms with E-state index in [1.807, 2.05) is 0 Å². The van der Waals surface area contributed by atoms with Crippen molar-refractivity contribution in [3.63, 3.8) is 0 Å². The molecule has 3 aromatic rings. The molecule has 194 valence electrons. The van der Waals surface area contributed by atoms with Crippen molar-refractivity contribution in [2.45, 2.75) is 58.8 Å². The molecule has 2 N–H and O–H groups in total. The normalized spacial score (nSPS) is 14.4. The van der Waals surface area contributed by atoms with E-state index in [4.69, 9.17) is 9.72 Å². The Kier molecular flexibility index (Phi) is 8.18. The summed E-state index contributed by atoms with van der Waals surface area (Å²) in [5.41, 5.74) is 8.77. The fourth-order valence-electron chi connectivity index (χ4n) is 5.30. The number of benzene rings is 1. The maximum absolute atomic E-state index is 6.13. The summed E-state index contributed by atoms with van der Waals surface area (Å²) in [7, 11) is 0. The standard InChI is InChI=1S/C30H38N6O/c1-3-14-36(15-4-2)25-18-29(35-30(19-25)37-16-11-24-21-31-12-13-32-24)34-23-9-10-28-27(17-23)26-8-6-5-7-22(26)20-33-28/h9-10,12-13,17-19,21,33H,3-8,11,14-16,20H2,1-2H3,(H,34,35). The predicted molar refractivity (Wildman–Crippen MR) is 152 cm³/mol. The molecule has 5 rings (SSSR count). The van der Waals surface area contributed by atoms with E-state index in [2.05, 4.69) is 69.7 Å². The lowest BCUT2D eigenvalue weighted by molar-refractivity contribution is 0.308. The fraction of sp³-hybridized carbons (Fsp3) is 0.433. The van der Waals surface area contributed by atoms with Crippen LogP contribution in [0.2, 0.25) is 0 Å². The number of nitrogens with one attached hydrogen (secondary N) is 2. The molecule has 1 aliphatic heterocycles. The van der Waals surface area contributed by atoms with Crippen molar-refractivity contribution in [1.82, 2.24) is 15.0 Å². The van der Waals surface area contributed by atoms with Gasteiger partial charge in [-0.3, -0.25) is 9.97 Å². The third kappa shape index (κ3) is 6.21. The number of rotatable bonds is 11. The molecular formula is C30H38N6O. The van der Waals surface area contributed by atoms with Crippen LogP contribution in [-0.4, -0.2) is 41.2 Å². The average Bonchev–Trinajstić information content (AvgIpc) is 2.93. The molecule has 2 aliphatic rings. The van der Waals surface area contributed by atoms with E-state index in [1.165, 1.54) is 42.5 Å². The van der Waals surface area contributed by atoms with Gasteiger partial charge in [0.2, 0.25) is 5.88 Å². The monoisotopic (exact) mass is 498 g/mol. The van der Waals surface area contributed by atoms with Gasteiger partial charge in [-0.15, -0.1) is 0 Å². The lowest BCUT2D eigenvalue weighted by Crippen LogP contribution is -2.25. The number of allylic oxidation sites excluding steroid dienone is 1. The Morgan fingerprint density at radius 3 is 2.70 bits per heavy atom. The molecular weight excluding hydrogens is 460 g/mol. The zero-order valence-corrected chi connectivity index (χ0v) is 22.1. The number of pyridine rings is 1. The van der Waals surface area contributed by atoms with Gasteiger partial charge in [0.05, 0.1) is 12.3 Å². The molecule has 2 aromatic heterocycles. The first-order valence-electron chi connectivity index (χ1n) is 13.7. The second-order valence-electron chi connectivity index (χ2n) is 9.86. The van der Waals surface area contributed by atoms with Crippen LogP contribution in [0.3, 0.4) is 0 Å². The van der Waals surface area contributed by atoms with Gasteiger partial charge in [-0.25, -0.2) is 0 Å². The minimum atomic E-state index is 0.498. The van der Waals surface area contributed by atoms with Crippen molar-refractivity contribution in [1.29, 1.82) is 0 Å². The molecule has 7 nitrogen and oxygen atoms in total. The van der Waals surface area contributed by atoms with Crippen molar-refractivity contribution < 1.29 is 4.74 Å². The topological polar surface area (TPSA) is 75.2 Å². The van der Waals surface area contributed by atoms with Crippen LogP contribution in [0, 0.1) is 0 Å². The van der Waals surface area contributed by atoms with Crippen LogP contribution in [0.15, 0.2) is 54.5 Å². The number of hydrogen-bond acceptors (Lipinski definition) is 7. The second kappa shape index (κ2) is 12.1. The first-order valence-corrected chi connectivity index (χ1v) is 13.7. The summed E-state index contributed by atoms with van der Waals surface area (Å²) >= 11 is 0. The Hall–Kier alpha value is -3.61. The lowest BCUT2D eigenvalue weighted by Gasteiger charge is -2.29. The van der Waals surface area contributed by atoms with Crippen LogP contribution in [0.5, 0.6) is 5.88 Å². The van der Waals surface area contributed by atoms with Crippen molar-refractivity contribution >= 4 is 28.5 Å². The number of hydrogen-bond donors (Lipinski definition) is 2. The molecule has 0 saturated heterocycles. The van der Waals surface area contributed by atoms with Gasteiger partial charge in [-0.05, 0) is 67.9 Å². The Labute approximate surface area is 220 Å². The third-order valence-corrected chi connectivity index (χ3v) is 7.06. The molecule has 0 amide bonds. The Morgan fingerprint density at radius 1 is 1.03 bits per heavy atom. The highest BCUT2D eigenvalue weighted by atomic mass is 16.5. The highest BCUT2D eigenvalue weighted by Gasteiger charge is 2.21. The largest absolute Gasteiger partial charge is 0.477 e. The van der Waals surface area contributed by atoms with Crippen LogP contribution in [0.25, 0.3) is 5.57 Å². The van der Waals surface area contributed by atoms with Gasteiger partial charge in [0, 0.05) is 79.4 Å². The summed E-state index contributed by atoms with van der Waals surface area (Å²) in [5, 5.41) is 7.20. The number of ether oxygens (including phenoxy) is 1. The smallest absolute Gasteiger partial charge is 0.217 e. The maximum Gasteiger partial charge on any atom is 0.217 e. The Morgan fingerprint density at radius 2 is 1.89 bits per heavy atom. The van der Waals surface area contributed by atoms with E-state index in [9.17, 15) is 0 Å². The molecule has 3 heterocycles. The van der Waals surface area contributed by atoms with Crippen LogP contribution in [0.1, 0.15) is 63.6 Å². The summed E-state index contributed by atoms with van der Waals surface area (Å²) in [6.45, 7) is 7.92. The van der Waals surface area contributed by atoms with Crippen molar-refractivity contribution in [2.75, 3.05) is 41.8 Å². The summed E-state index contributed by atoms with van der Waals surface area (Å²) in [6, 6.07) is 10.8. The molecule has 0 saturated carbocycles. The molecule has 0 unspecified atom stereocenters. The molecule has 7 heteroatoms. The number of anilines is 4. The van der Waals surface area contributed by atoms with Gasteiger partial charge in [0.15, 0.2) is 0 Å². The van der Waals surface area contributed by atoms with Gasteiger partial charge in [0.25, 0.3) is 0 Å². The van der Waals surface area contributed by atoms with Crippen LogP contribution >= 0.6 is 0 Å². The van der Waals surface area contributed by atoms with E-state index in [-0.39, 0.29) is 0 Å². The highest BCUT2D eigenvalue weighted by Crippen LogP contribution is 2.40. The number of aromatic nitrogens is 3. The number of nitrogens with zero attached hydrogens (tertiary/aromatic N) is 4. The second-order valence-corrected chi connectivity index (χ2v) is 9.86. The summed E-state index contributed by atoms with van der Waals surface area (Å²) < 4.78 is 6.13. The quantitative estimate of drug-likeness (QED) is 0.308. The van der Waals surface area contributed by atoms with Gasteiger partial charge in [0.1, 0.15) is 5.82 Å². The molecule has 0 spiro atoms. The van der Waals surface area contributed by atoms with Crippen LogP contribution < -0.4 is 20.3 Å². The van der Waals surface area contributed by atoms with Crippen molar-refractivity contribution in [2.24, 2.45) is 0 Å². The lowest BCUT2D eigenvalue weighted by atomic mass is 9.84. The zero-order chi connectivity index (χ0) is 25.5. The third-order valence-electron chi connectivity index (χ3n) is 7.06. The fourth-order valence-corrected chi connectivity index (χ4v) is 5.30. The van der Waals surface area contributed by atoms with Crippen molar-refractivity contribution in [3.05, 3.63) is 65.8 Å². The highest BCUT2D eigenvalue weighted by molar-refractivity contribution is 5.84. The van der Waals surface area contributed by atoms with Gasteiger partial charge in [-0.2, -0.15) is 4.98 Å². The van der Waals surface area contributed by atoms with E-state index < -0.39 is 0 Å². The molecule has 0 fully saturated rings. The van der Waals surface area contributed by atoms with Gasteiger partial charge in [-0.1, -0.05) is 13.8 Å².